The summed E-state index contributed by atoms with van der Waals surface area (Å²) in [4.78, 5) is 0. The third-order valence-electron chi connectivity index (χ3n) is 6.56. The maximum Gasteiger partial charge on any atom is 0.536 e. The van der Waals surface area contributed by atoms with Gasteiger partial charge in [-0.1, -0.05) is 110 Å². The highest BCUT2D eigenvalue weighted by molar-refractivity contribution is 6.81. The third kappa shape index (κ3) is 12.8. The fourth-order valence-corrected chi connectivity index (χ4v) is 8.24. The highest BCUT2D eigenvalue weighted by Crippen LogP contribution is 2.25. The highest BCUT2D eigenvalue weighted by Gasteiger charge is 2.42. The van der Waals surface area contributed by atoms with Crippen LogP contribution in [-0.2, 0) is 39.8 Å². The Labute approximate surface area is 272 Å². The molecule has 45 heavy (non-hydrogen) atoms. The fourth-order valence-electron chi connectivity index (χ4n) is 3.87. The van der Waals surface area contributed by atoms with Crippen molar-refractivity contribution in [3.8, 4) is 0 Å². The van der Waals surface area contributed by atoms with Crippen molar-refractivity contribution in [2.24, 2.45) is 0 Å². The molecule has 0 fully saturated rings. The first-order chi connectivity index (χ1) is 21.7. The van der Waals surface area contributed by atoms with Gasteiger partial charge in [-0.3, -0.25) is 0 Å². The molecule has 0 unspecified atom stereocenters. The predicted molar refractivity (Wildman–Crippen MR) is 187 cm³/mol. The van der Waals surface area contributed by atoms with Gasteiger partial charge in [-0.25, -0.2) is 0 Å². The Morgan fingerprint density at radius 2 is 0.733 bits per heavy atom. The second kappa shape index (κ2) is 21.8. The maximum atomic E-state index is 5.35. The van der Waals surface area contributed by atoms with E-state index in [2.05, 4.69) is 6.58 Å². The number of benzene rings is 3. The minimum atomic E-state index is -2.76. The van der Waals surface area contributed by atoms with Crippen LogP contribution in [0.2, 0.25) is 0 Å². The molecule has 0 saturated heterocycles. The summed E-state index contributed by atoms with van der Waals surface area (Å²) in [6.45, 7) is 4.00. The van der Waals surface area contributed by atoms with Gasteiger partial charge >= 0.3 is 26.4 Å². The smallest absolute Gasteiger partial charge is 0.374 e. The first-order valence-electron chi connectivity index (χ1n) is 13.9. The lowest BCUT2D eigenvalue weighted by atomic mass is 10.2. The van der Waals surface area contributed by atoms with Gasteiger partial charge in [0.15, 0.2) is 0 Å². The van der Waals surface area contributed by atoms with Crippen LogP contribution < -0.4 is 0 Å². The van der Waals surface area contributed by atoms with Gasteiger partial charge in [0, 0.05) is 69.2 Å². The topological polar surface area (TPSA) is 83.1 Å². The molecule has 0 amide bonds. The van der Waals surface area contributed by atoms with Crippen LogP contribution in [-0.4, -0.2) is 90.4 Å². The van der Waals surface area contributed by atoms with E-state index in [0.717, 1.165) is 21.9 Å². The number of rotatable bonds is 15. The van der Waals surface area contributed by atoms with Gasteiger partial charge in [0.25, 0.3) is 0 Å². The zero-order chi connectivity index (χ0) is 33.6. The first-order valence-corrected chi connectivity index (χ1v) is 19.2. The summed E-state index contributed by atoms with van der Waals surface area (Å²) in [6.07, 6.45) is 3.89. The molecule has 0 radical (unpaired) electrons. The summed E-state index contributed by atoms with van der Waals surface area (Å²) in [5.74, 6) is 0. The van der Waals surface area contributed by atoms with Crippen LogP contribution in [0.1, 0.15) is 16.7 Å². The molecule has 0 heterocycles. The molecule has 0 aliphatic carbocycles. The maximum absolute atomic E-state index is 5.35. The lowest BCUT2D eigenvalue weighted by Crippen LogP contribution is -2.44. The van der Waals surface area contributed by atoms with Gasteiger partial charge in [0.2, 0.25) is 0 Å². The molecule has 246 valence electrons. The van der Waals surface area contributed by atoms with Crippen molar-refractivity contribution in [3.05, 3.63) is 126 Å². The summed E-state index contributed by atoms with van der Waals surface area (Å²) >= 11 is 0. The summed E-state index contributed by atoms with van der Waals surface area (Å²) in [5, 5.41) is 0.774. The van der Waals surface area contributed by atoms with E-state index in [1.54, 1.807) is 64.0 Å². The van der Waals surface area contributed by atoms with Crippen LogP contribution in [0.25, 0.3) is 17.3 Å². The number of hydrogen-bond acceptors (Lipinski definition) is 9. The molecule has 3 rings (SSSR count). The zero-order valence-corrected chi connectivity index (χ0v) is 30.9. The summed E-state index contributed by atoms with van der Waals surface area (Å²) in [7, 11) is 6.36. The van der Waals surface area contributed by atoms with Gasteiger partial charge in [-0.15, -0.1) is 0 Å². The van der Waals surface area contributed by atoms with E-state index >= 15 is 0 Å². The lowest BCUT2D eigenvalue weighted by molar-refractivity contribution is 0.138. The molecule has 3 aromatic rings. The van der Waals surface area contributed by atoms with E-state index in [0.29, 0.717) is 0 Å². The molecule has 0 aromatic heterocycles. The van der Waals surface area contributed by atoms with Crippen molar-refractivity contribution in [1.82, 2.24) is 0 Å². The molecule has 3 aromatic carbocycles. The standard InChI is InChI=1S/3C11H16O3Si/c1-10(11-8-6-5-7-9-11)15(12-2,13-3)14-4;2*1-12-15(13-2,14-3)10-9-11-7-5-4-6-8-11/h5-9H,1H2,2-4H3;2*4-10H,1-3H3/b;10-9+;10-9-. The Morgan fingerprint density at radius 1 is 0.444 bits per heavy atom. The van der Waals surface area contributed by atoms with Gasteiger partial charge < -0.3 is 39.8 Å². The van der Waals surface area contributed by atoms with Crippen LogP contribution in [0.3, 0.4) is 0 Å². The quantitative estimate of drug-likeness (QED) is 0.172. The average Bonchev–Trinajstić information content (AvgIpc) is 3.13. The van der Waals surface area contributed by atoms with Crippen LogP contribution in [0.15, 0.2) is 109 Å². The molecule has 0 spiro atoms. The summed E-state index contributed by atoms with van der Waals surface area (Å²) in [5.41, 5.74) is 6.90. The predicted octanol–water partition coefficient (Wildman–Crippen LogP) is 6.35. The molecule has 0 saturated carbocycles. The second-order valence-corrected chi connectivity index (χ2v) is 17.4. The fraction of sp³-hybridized carbons (Fsp3) is 0.273. The van der Waals surface area contributed by atoms with E-state index in [9.17, 15) is 0 Å². The van der Waals surface area contributed by atoms with Gasteiger partial charge in [-0.05, 0) is 28.1 Å². The van der Waals surface area contributed by atoms with E-state index in [1.807, 2.05) is 115 Å². The molecule has 0 N–H and O–H groups in total. The Kier molecular flexibility index (Phi) is 19.5. The van der Waals surface area contributed by atoms with E-state index in [4.69, 9.17) is 39.8 Å². The van der Waals surface area contributed by atoms with Crippen molar-refractivity contribution in [2.45, 2.75) is 0 Å². The second-order valence-electron chi connectivity index (χ2n) is 8.93. The van der Waals surface area contributed by atoms with Crippen LogP contribution in [0, 0.1) is 0 Å². The van der Waals surface area contributed by atoms with E-state index < -0.39 is 26.4 Å². The average molecular weight is 673 g/mol. The molecule has 12 heteroatoms. The Hall–Kier alpha value is -2.83. The van der Waals surface area contributed by atoms with Gasteiger partial charge in [-0.2, -0.15) is 0 Å². The van der Waals surface area contributed by atoms with Crippen LogP contribution in [0.4, 0.5) is 0 Å². The molecular weight excluding hydrogens is 625 g/mol. The Morgan fingerprint density at radius 3 is 1.00 bits per heavy atom. The molecule has 0 aliphatic rings. The van der Waals surface area contributed by atoms with Gasteiger partial charge in [0.05, 0.1) is 0 Å². The largest absolute Gasteiger partial charge is 0.536 e. The van der Waals surface area contributed by atoms with Crippen LogP contribution in [0.5, 0.6) is 0 Å². The van der Waals surface area contributed by atoms with E-state index in [1.165, 1.54) is 0 Å². The SMILES string of the molecule is C=C(c1ccccc1)[Si](OC)(OC)OC.CO[Si](/C=C/c1ccccc1)(OC)OC.CO[Si](/C=C\c1ccccc1)(OC)OC. The monoisotopic (exact) mass is 672 g/mol. The molecule has 9 nitrogen and oxygen atoms in total. The van der Waals surface area contributed by atoms with Crippen molar-refractivity contribution < 1.29 is 39.8 Å². The lowest BCUT2D eigenvalue weighted by Gasteiger charge is -2.26. The van der Waals surface area contributed by atoms with Crippen molar-refractivity contribution in [1.29, 1.82) is 0 Å². The summed E-state index contributed by atoms with van der Waals surface area (Å²) in [6, 6.07) is 29.7. The molecule has 0 atom stereocenters. The highest BCUT2D eigenvalue weighted by atomic mass is 28.4. The van der Waals surface area contributed by atoms with Crippen molar-refractivity contribution >= 4 is 43.8 Å². The summed E-state index contributed by atoms with van der Waals surface area (Å²) < 4.78 is 47.6. The van der Waals surface area contributed by atoms with E-state index in [-0.39, 0.29) is 0 Å². The minimum Gasteiger partial charge on any atom is -0.374 e. The third-order valence-corrected chi connectivity index (χ3v) is 13.8. The molecule has 0 bridgehead atoms. The van der Waals surface area contributed by atoms with Crippen molar-refractivity contribution in [2.75, 3.05) is 64.0 Å². The van der Waals surface area contributed by atoms with Crippen LogP contribution >= 0.6 is 0 Å². The minimum absolute atomic E-state index is 0.774. The first kappa shape index (κ1) is 40.2. The van der Waals surface area contributed by atoms with Crippen molar-refractivity contribution in [3.63, 3.8) is 0 Å². The Balaban J connectivity index is 0.000000337. The molecule has 0 aliphatic heterocycles. The van der Waals surface area contributed by atoms with Gasteiger partial charge in [0.1, 0.15) is 0 Å². The normalized spacial score (nSPS) is 11.9. The molecular formula is C33H48O9Si3. The zero-order valence-electron chi connectivity index (χ0n) is 27.9. The number of hydrogen-bond donors (Lipinski definition) is 0. The Bertz CT molecular complexity index is 1160.